The van der Waals surface area contributed by atoms with E-state index in [2.05, 4.69) is 20.6 Å². The molecule has 0 bridgehead atoms. The molecule has 0 unspecified atom stereocenters. The van der Waals surface area contributed by atoms with Gasteiger partial charge >= 0.3 is 0 Å². The molecule has 1 aromatic heterocycles. The van der Waals surface area contributed by atoms with Crippen molar-refractivity contribution in [2.24, 2.45) is 4.99 Å². The summed E-state index contributed by atoms with van der Waals surface area (Å²) in [6.07, 6.45) is 3.39. The van der Waals surface area contributed by atoms with E-state index in [-0.39, 0.29) is 29.8 Å². The molecule has 2 aromatic carbocycles. The van der Waals surface area contributed by atoms with Gasteiger partial charge in [-0.2, -0.15) is 0 Å². The van der Waals surface area contributed by atoms with Crippen LogP contribution in [0.1, 0.15) is 18.3 Å². The Kier molecular flexibility index (Phi) is 9.10. The number of aliphatic imine (C=N–C) groups is 1. The molecule has 9 heteroatoms. The summed E-state index contributed by atoms with van der Waals surface area (Å²) < 4.78 is 27.2. The highest BCUT2D eigenvalue weighted by molar-refractivity contribution is 14.0. The number of methoxy groups -OCH3 is 1. The lowest BCUT2D eigenvalue weighted by Crippen LogP contribution is -2.30. The van der Waals surface area contributed by atoms with Crippen molar-refractivity contribution in [3.8, 4) is 17.2 Å². The average molecular weight is 539 g/mol. The van der Waals surface area contributed by atoms with Crippen LogP contribution in [0.15, 0.2) is 53.8 Å². The van der Waals surface area contributed by atoms with Crippen LogP contribution in [0.25, 0.3) is 5.69 Å². The lowest BCUT2D eigenvalue weighted by atomic mass is 10.2. The van der Waals surface area contributed by atoms with Gasteiger partial charge in [0, 0.05) is 37.7 Å². The standard InChI is InChI=1S/C22H26FN5O2.HI/c1-5-30-21-13-17(7-9-20(21)29-4)27-22(24-3)26-14-16-6-8-19(18(23)12-16)28-11-10-25-15(28)2;/h6-13H,5,14H2,1-4H3,(H2,24,26,27);1H. The molecule has 2 N–H and O–H groups in total. The number of nitrogens with zero attached hydrogens (tertiary/aromatic N) is 3. The first kappa shape index (κ1) is 24.4. The second kappa shape index (κ2) is 11.5. The maximum atomic E-state index is 14.6. The fraction of sp³-hybridized carbons (Fsp3) is 0.273. The molecule has 0 aliphatic heterocycles. The molecule has 0 spiro atoms. The third kappa shape index (κ3) is 6.09. The number of aromatic nitrogens is 2. The van der Waals surface area contributed by atoms with Crippen LogP contribution < -0.4 is 20.1 Å². The number of guanidine groups is 1. The first-order valence-corrected chi connectivity index (χ1v) is 9.63. The van der Waals surface area contributed by atoms with Gasteiger partial charge in [-0.1, -0.05) is 6.07 Å². The van der Waals surface area contributed by atoms with Crippen molar-refractivity contribution < 1.29 is 13.9 Å². The Morgan fingerprint density at radius 2 is 2.00 bits per heavy atom. The number of anilines is 1. The molecule has 0 aliphatic rings. The Morgan fingerprint density at radius 3 is 2.61 bits per heavy atom. The molecule has 0 aliphatic carbocycles. The van der Waals surface area contributed by atoms with Crippen LogP contribution in [0.5, 0.6) is 11.5 Å². The minimum Gasteiger partial charge on any atom is -0.493 e. The number of halogens is 2. The lowest BCUT2D eigenvalue weighted by molar-refractivity contribution is 0.311. The minimum absolute atomic E-state index is 0. The molecule has 0 amide bonds. The van der Waals surface area contributed by atoms with Gasteiger partial charge in [0.25, 0.3) is 0 Å². The van der Waals surface area contributed by atoms with Gasteiger partial charge in [0.05, 0.1) is 19.4 Å². The van der Waals surface area contributed by atoms with Gasteiger partial charge in [-0.05, 0) is 43.7 Å². The van der Waals surface area contributed by atoms with Gasteiger partial charge in [0.2, 0.25) is 0 Å². The number of imidazole rings is 1. The number of rotatable bonds is 7. The van der Waals surface area contributed by atoms with E-state index in [0.29, 0.717) is 36.3 Å². The van der Waals surface area contributed by atoms with Crippen LogP contribution in [0, 0.1) is 12.7 Å². The van der Waals surface area contributed by atoms with Gasteiger partial charge in [0.15, 0.2) is 17.5 Å². The largest absolute Gasteiger partial charge is 0.493 e. The van der Waals surface area contributed by atoms with E-state index in [0.717, 1.165) is 17.1 Å². The molecular formula is C22H27FIN5O2. The van der Waals surface area contributed by atoms with E-state index >= 15 is 0 Å². The summed E-state index contributed by atoms with van der Waals surface area (Å²) in [6.45, 7) is 4.69. The maximum absolute atomic E-state index is 14.6. The molecule has 0 atom stereocenters. The van der Waals surface area contributed by atoms with E-state index in [1.165, 1.54) is 6.07 Å². The summed E-state index contributed by atoms with van der Waals surface area (Å²) in [5.74, 6) is 2.28. The number of aryl methyl sites for hydroxylation is 1. The van der Waals surface area contributed by atoms with Crippen molar-refractivity contribution in [3.63, 3.8) is 0 Å². The zero-order valence-corrected chi connectivity index (χ0v) is 20.3. The predicted octanol–water partition coefficient (Wildman–Crippen LogP) is 4.53. The lowest BCUT2D eigenvalue weighted by Gasteiger charge is -2.15. The van der Waals surface area contributed by atoms with E-state index in [9.17, 15) is 4.39 Å². The van der Waals surface area contributed by atoms with Crippen molar-refractivity contribution >= 4 is 35.6 Å². The monoisotopic (exact) mass is 539 g/mol. The summed E-state index contributed by atoms with van der Waals surface area (Å²) in [4.78, 5) is 8.36. The summed E-state index contributed by atoms with van der Waals surface area (Å²) >= 11 is 0. The van der Waals surface area contributed by atoms with E-state index < -0.39 is 0 Å². The average Bonchev–Trinajstić information content (AvgIpc) is 3.17. The third-order valence-electron chi connectivity index (χ3n) is 4.51. The first-order valence-electron chi connectivity index (χ1n) is 9.63. The van der Waals surface area contributed by atoms with Crippen LogP contribution in [-0.2, 0) is 6.54 Å². The molecule has 0 radical (unpaired) electrons. The smallest absolute Gasteiger partial charge is 0.195 e. The van der Waals surface area contributed by atoms with Gasteiger partial charge in [-0.15, -0.1) is 24.0 Å². The Morgan fingerprint density at radius 1 is 1.19 bits per heavy atom. The Hall–Kier alpha value is -2.82. The second-order valence-corrected chi connectivity index (χ2v) is 6.48. The van der Waals surface area contributed by atoms with Crippen LogP contribution in [0.3, 0.4) is 0 Å². The quantitative estimate of drug-likeness (QED) is 0.262. The molecule has 0 saturated heterocycles. The summed E-state index contributed by atoms with van der Waals surface area (Å²) in [5, 5.41) is 6.39. The Balaban J connectivity index is 0.00000341. The third-order valence-corrected chi connectivity index (χ3v) is 4.51. The van der Waals surface area contributed by atoms with Crippen LogP contribution >= 0.6 is 24.0 Å². The zero-order chi connectivity index (χ0) is 21.5. The second-order valence-electron chi connectivity index (χ2n) is 6.48. The Bertz CT molecular complexity index is 1040. The summed E-state index contributed by atoms with van der Waals surface area (Å²) in [7, 11) is 3.28. The molecule has 3 rings (SSSR count). The van der Waals surface area contributed by atoms with Crippen molar-refractivity contribution in [1.29, 1.82) is 0 Å². The molecular weight excluding hydrogens is 512 g/mol. The number of benzene rings is 2. The van der Waals surface area contributed by atoms with Gasteiger partial charge in [-0.25, -0.2) is 9.37 Å². The van der Waals surface area contributed by atoms with Gasteiger partial charge in [0.1, 0.15) is 11.6 Å². The van der Waals surface area contributed by atoms with Crippen LogP contribution in [0.4, 0.5) is 10.1 Å². The Labute approximate surface area is 198 Å². The first-order chi connectivity index (χ1) is 14.5. The highest BCUT2D eigenvalue weighted by atomic mass is 127. The highest BCUT2D eigenvalue weighted by Gasteiger charge is 2.10. The number of hydrogen-bond acceptors (Lipinski definition) is 4. The SMILES string of the molecule is CCOc1cc(NC(=NC)NCc2ccc(-n3ccnc3C)c(F)c2)ccc1OC.I. The van der Waals surface area contributed by atoms with Gasteiger partial charge < -0.3 is 24.7 Å². The maximum Gasteiger partial charge on any atom is 0.195 e. The van der Waals surface area contributed by atoms with Crippen molar-refractivity contribution in [2.75, 3.05) is 26.1 Å². The van der Waals surface area contributed by atoms with Crippen LogP contribution in [0.2, 0.25) is 0 Å². The highest BCUT2D eigenvalue weighted by Crippen LogP contribution is 2.30. The molecule has 0 fully saturated rings. The van der Waals surface area contributed by atoms with E-state index in [1.807, 2.05) is 38.1 Å². The molecule has 31 heavy (non-hydrogen) atoms. The summed E-state index contributed by atoms with van der Waals surface area (Å²) in [6, 6.07) is 10.7. The minimum atomic E-state index is -0.310. The fourth-order valence-corrected chi connectivity index (χ4v) is 3.01. The topological polar surface area (TPSA) is 72.7 Å². The molecule has 1 heterocycles. The van der Waals surface area contributed by atoms with Crippen LogP contribution in [-0.4, -0.2) is 36.3 Å². The van der Waals surface area contributed by atoms with E-state index in [4.69, 9.17) is 9.47 Å². The number of nitrogens with one attached hydrogen (secondary N) is 2. The molecule has 0 saturated carbocycles. The van der Waals surface area contributed by atoms with Crippen molar-refractivity contribution in [1.82, 2.24) is 14.9 Å². The van der Waals surface area contributed by atoms with Crippen molar-refractivity contribution in [3.05, 3.63) is 66.0 Å². The molecule has 3 aromatic rings. The normalized spacial score (nSPS) is 10.9. The predicted molar refractivity (Wildman–Crippen MR) is 132 cm³/mol. The number of ether oxygens (including phenoxy) is 2. The zero-order valence-electron chi connectivity index (χ0n) is 18.0. The summed E-state index contributed by atoms with van der Waals surface area (Å²) in [5.41, 5.74) is 2.06. The fourth-order valence-electron chi connectivity index (χ4n) is 3.01. The van der Waals surface area contributed by atoms with Crippen molar-refractivity contribution in [2.45, 2.75) is 20.4 Å². The molecule has 7 nitrogen and oxygen atoms in total. The number of hydrogen-bond donors (Lipinski definition) is 2. The van der Waals surface area contributed by atoms with E-state index in [1.54, 1.807) is 37.2 Å². The molecule has 166 valence electrons. The van der Waals surface area contributed by atoms with Gasteiger partial charge in [-0.3, -0.25) is 4.99 Å².